The number of ether oxygens (including phenoxy) is 1. The van der Waals surface area contributed by atoms with Crippen LogP contribution >= 0.6 is 0 Å². The number of piperidine rings is 1. The van der Waals surface area contributed by atoms with E-state index in [2.05, 4.69) is 0 Å². The molecule has 6 heteroatoms. The third-order valence-corrected chi connectivity index (χ3v) is 3.75. The fraction of sp³-hybridized carbons (Fsp3) is 0.500. The minimum absolute atomic E-state index is 0.0401. The van der Waals surface area contributed by atoms with Crippen molar-refractivity contribution in [3.63, 3.8) is 0 Å². The number of carbonyl (C=O) groups excluding carboxylic acids is 2. The smallest absolute Gasteiger partial charge is 0.248 e. The highest BCUT2D eigenvalue weighted by atomic mass is 16.5. The molecule has 1 unspecified atom stereocenters. The summed E-state index contributed by atoms with van der Waals surface area (Å²) in [6.45, 7) is 1.02. The molecule has 22 heavy (non-hydrogen) atoms. The van der Waals surface area contributed by atoms with Crippen LogP contribution in [0.15, 0.2) is 30.3 Å². The van der Waals surface area contributed by atoms with Crippen LogP contribution in [0.1, 0.15) is 24.8 Å². The summed E-state index contributed by atoms with van der Waals surface area (Å²) in [7, 11) is 0. The van der Waals surface area contributed by atoms with E-state index in [4.69, 9.17) is 10.5 Å². The zero-order valence-corrected chi connectivity index (χ0v) is 12.5. The first kappa shape index (κ1) is 16.5. The predicted molar refractivity (Wildman–Crippen MR) is 80.7 cm³/mol. The van der Waals surface area contributed by atoms with Crippen LogP contribution in [0.5, 0.6) is 0 Å². The lowest BCUT2D eigenvalue weighted by molar-refractivity contribution is -0.146. The van der Waals surface area contributed by atoms with Gasteiger partial charge in [-0.1, -0.05) is 30.3 Å². The van der Waals surface area contributed by atoms with E-state index in [1.807, 2.05) is 30.3 Å². The van der Waals surface area contributed by atoms with E-state index < -0.39 is 11.5 Å². The Bertz CT molecular complexity index is 520. The van der Waals surface area contributed by atoms with Crippen LogP contribution < -0.4 is 5.73 Å². The summed E-state index contributed by atoms with van der Waals surface area (Å²) in [6.07, 6.45) is 1.00. The number of aliphatic hydroxyl groups is 1. The molecule has 6 nitrogen and oxygen atoms in total. The summed E-state index contributed by atoms with van der Waals surface area (Å²) in [5, 5.41) is 10.3. The number of carbonyl (C=O) groups is 2. The Morgan fingerprint density at radius 3 is 2.73 bits per heavy atom. The highest BCUT2D eigenvalue weighted by Crippen LogP contribution is 2.24. The van der Waals surface area contributed by atoms with Gasteiger partial charge >= 0.3 is 0 Å². The molecule has 1 aliphatic heterocycles. The van der Waals surface area contributed by atoms with Gasteiger partial charge in [0.05, 0.1) is 18.6 Å². The van der Waals surface area contributed by atoms with E-state index in [0.29, 0.717) is 26.0 Å². The second-order valence-electron chi connectivity index (χ2n) is 5.76. The fourth-order valence-corrected chi connectivity index (χ4v) is 2.72. The third-order valence-electron chi connectivity index (χ3n) is 3.75. The zero-order valence-electron chi connectivity index (χ0n) is 12.5. The largest absolute Gasteiger partial charge is 0.388 e. The standard InChI is InChI=1S/C16H22N2O4/c17-14(19)9-16(21)7-4-8-18(12-16)15(20)11-22-10-13-5-2-1-3-6-13/h1-3,5-6,21H,4,7-12H2,(H2,17,19). The molecule has 0 radical (unpaired) electrons. The van der Waals surface area contributed by atoms with Crippen LogP contribution in [-0.4, -0.2) is 47.1 Å². The number of hydrogen-bond donors (Lipinski definition) is 2. The Kier molecular flexibility index (Phi) is 5.51. The highest BCUT2D eigenvalue weighted by molar-refractivity contribution is 5.78. The quantitative estimate of drug-likeness (QED) is 0.797. The van der Waals surface area contributed by atoms with E-state index in [-0.39, 0.29) is 25.5 Å². The van der Waals surface area contributed by atoms with E-state index >= 15 is 0 Å². The van der Waals surface area contributed by atoms with Gasteiger partial charge in [-0.25, -0.2) is 0 Å². The Morgan fingerprint density at radius 2 is 2.05 bits per heavy atom. The summed E-state index contributed by atoms with van der Waals surface area (Å²) in [4.78, 5) is 24.7. The van der Waals surface area contributed by atoms with Crippen molar-refractivity contribution in [3.05, 3.63) is 35.9 Å². The maximum atomic E-state index is 12.1. The van der Waals surface area contributed by atoms with E-state index in [9.17, 15) is 14.7 Å². The zero-order chi connectivity index (χ0) is 16.0. The molecular weight excluding hydrogens is 284 g/mol. The lowest BCUT2D eigenvalue weighted by Gasteiger charge is -2.38. The van der Waals surface area contributed by atoms with Gasteiger partial charge in [0.15, 0.2) is 0 Å². The molecule has 1 atom stereocenters. The van der Waals surface area contributed by atoms with Crippen molar-refractivity contribution in [2.45, 2.75) is 31.5 Å². The molecule has 1 aliphatic rings. The first-order chi connectivity index (χ1) is 10.5. The third kappa shape index (κ3) is 4.82. The summed E-state index contributed by atoms with van der Waals surface area (Å²) in [6, 6.07) is 9.60. The lowest BCUT2D eigenvalue weighted by atomic mass is 9.89. The van der Waals surface area contributed by atoms with Crippen molar-refractivity contribution in [2.75, 3.05) is 19.7 Å². The van der Waals surface area contributed by atoms with Gasteiger partial charge in [-0.05, 0) is 18.4 Å². The Morgan fingerprint density at radius 1 is 1.32 bits per heavy atom. The number of hydrogen-bond acceptors (Lipinski definition) is 4. The summed E-state index contributed by atoms with van der Waals surface area (Å²) in [5.41, 5.74) is 4.94. The number of nitrogens with two attached hydrogens (primary N) is 1. The lowest BCUT2D eigenvalue weighted by Crippen LogP contribution is -2.52. The van der Waals surface area contributed by atoms with Crippen LogP contribution in [-0.2, 0) is 20.9 Å². The van der Waals surface area contributed by atoms with Gasteiger partial charge in [0.25, 0.3) is 0 Å². The number of amides is 2. The molecule has 2 rings (SSSR count). The minimum Gasteiger partial charge on any atom is -0.388 e. The Hall–Kier alpha value is -1.92. The van der Waals surface area contributed by atoms with E-state index in [0.717, 1.165) is 5.56 Å². The van der Waals surface area contributed by atoms with E-state index in [1.165, 1.54) is 4.90 Å². The molecule has 1 aromatic carbocycles. The molecule has 0 spiro atoms. The topological polar surface area (TPSA) is 92.9 Å². The van der Waals surface area contributed by atoms with Crippen molar-refractivity contribution >= 4 is 11.8 Å². The first-order valence-corrected chi connectivity index (χ1v) is 7.39. The second-order valence-corrected chi connectivity index (χ2v) is 5.76. The molecule has 0 saturated carbocycles. The van der Waals surface area contributed by atoms with Gasteiger partial charge in [0.1, 0.15) is 6.61 Å². The number of benzene rings is 1. The SMILES string of the molecule is NC(=O)CC1(O)CCCN(C(=O)COCc2ccccc2)C1. The predicted octanol–water partition coefficient (Wildman–Crippen LogP) is 0.432. The number of nitrogens with zero attached hydrogens (tertiary/aromatic N) is 1. The van der Waals surface area contributed by atoms with Crippen LogP contribution in [0, 0.1) is 0 Å². The molecule has 1 heterocycles. The highest BCUT2D eigenvalue weighted by Gasteiger charge is 2.36. The number of likely N-dealkylation sites (tertiary alicyclic amines) is 1. The molecule has 3 N–H and O–H groups in total. The summed E-state index contributed by atoms with van der Waals surface area (Å²) >= 11 is 0. The van der Waals surface area contributed by atoms with Crippen LogP contribution in [0.4, 0.5) is 0 Å². The van der Waals surface area contributed by atoms with Gasteiger partial charge in [-0.3, -0.25) is 9.59 Å². The molecule has 0 aromatic heterocycles. The molecule has 2 amide bonds. The van der Waals surface area contributed by atoms with Crippen molar-refractivity contribution in [2.24, 2.45) is 5.73 Å². The van der Waals surface area contributed by atoms with Crippen molar-refractivity contribution < 1.29 is 19.4 Å². The number of β-amino-alcohol motifs (C(OH)–C–C–N with tert-alkyl or cyclic N) is 1. The normalized spacial score (nSPS) is 21.6. The number of rotatable bonds is 6. The monoisotopic (exact) mass is 306 g/mol. The van der Waals surface area contributed by atoms with Crippen LogP contribution in [0.3, 0.4) is 0 Å². The van der Waals surface area contributed by atoms with Gasteiger partial charge < -0.3 is 20.5 Å². The summed E-state index contributed by atoms with van der Waals surface area (Å²) < 4.78 is 5.42. The van der Waals surface area contributed by atoms with Crippen LogP contribution in [0.25, 0.3) is 0 Å². The van der Waals surface area contributed by atoms with Crippen molar-refractivity contribution in [1.82, 2.24) is 4.90 Å². The maximum absolute atomic E-state index is 12.1. The molecule has 1 aromatic rings. The van der Waals surface area contributed by atoms with E-state index in [1.54, 1.807) is 0 Å². The fourth-order valence-electron chi connectivity index (χ4n) is 2.72. The molecule has 0 aliphatic carbocycles. The first-order valence-electron chi connectivity index (χ1n) is 7.39. The Labute approximate surface area is 129 Å². The second kappa shape index (κ2) is 7.38. The molecule has 0 bridgehead atoms. The molecule has 120 valence electrons. The van der Waals surface area contributed by atoms with Gasteiger partial charge in [0, 0.05) is 13.1 Å². The Balaban J connectivity index is 1.80. The molecule has 1 saturated heterocycles. The summed E-state index contributed by atoms with van der Waals surface area (Å²) in [5.74, 6) is -0.740. The average molecular weight is 306 g/mol. The van der Waals surface area contributed by atoms with Gasteiger partial charge in [0.2, 0.25) is 11.8 Å². The molecule has 1 fully saturated rings. The average Bonchev–Trinajstić information content (AvgIpc) is 2.47. The van der Waals surface area contributed by atoms with Gasteiger partial charge in [-0.2, -0.15) is 0 Å². The maximum Gasteiger partial charge on any atom is 0.248 e. The minimum atomic E-state index is -1.21. The van der Waals surface area contributed by atoms with Crippen LogP contribution in [0.2, 0.25) is 0 Å². The molecular formula is C16H22N2O4. The van der Waals surface area contributed by atoms with Crippen molar-refractivity contribution in [1.29, 1.82) is 0 Å². The number of primary amides is 1. The van der Waals surface area contributed by atoms with Gasteiger partial charge in [-0.15, -0.1) is 0 Å². The van der Waals surface area contributed by atoms with Crippen molar-refractivity contribution in [3.8, 4) is 0 Å².